The molecular formula is C24H24N6O3S. The number of furan rings is 1. The van der Waals surface area contributed by atoms with Crippen LogP contribution in [0, 0.1) is 0 Å². The number of aromatic nitrogens is 3. The molecule has 10 heteroatoms. The van der Waals surface area contributed by atoms with Crippen LogP contribution in [0.15, 0.2) is 58.3 Å². The largest absolute Gasteiger partial charge is 0.463 e. The summed E-state index contributed by atoms with van der Waals surface area (Å²) in [6.07, 6.45) is 10.8. The lowest BCUT2D eigenvalue weighted by molar-refractivity contribution is -0.115. The number of carbonyl (C=O) groups excluding carboxylic acids is 2. The van der Waals surface area contributed by atoms with Gasteiger partial charge in [0.2, 0.25) is 5.95 Å². The van der Waals surface area contributed by atoms with Crippen molar-refractivity contribution in [1.29, 1.82) is 0 Å². The zero-order chi connectivity index (χ0) is 23.3. The Balaban J connectivity index is 1.13. The van der Waals surface area contributed by atoms with E-state index >= 15 is 0 Å². The third kappa shape index (κ3) is 5.35. The molecule has 2 amide bonds. The summed E-state index contributed by atoms with van der Waals surface area (Å²) in [6, 6.07) is 10.2. The van der Waals surface area contributed by atoms with E-state index in [1.54, 1.807) is 30.8 Å². The van der Waals surface area contributed by atoms with Crippen molar-refractivity contribution in [1.82, 2.24) is 25.6 Å². The van der Waals surface area contributed by atoms with Gasteiger partial charge in [0.1, 0.15) is 5.69 Å². The molecule has 1 aliphatic carbocycles. The summed E-state index contributed by atoms with van der Waals surface area (Å²) in [6.45, 7) is 0.737. The van der Waals surface area contributed by atoms with Gasteiger partial charge in [0.15, 0.2) is 5.76 Å². The molecule has 3 aromatic rings. The highest BCUT2D eigenvalue weighted by atomic mass is 32.2. The lowest BCUT2D eigenvalue weighted by atomic mass is 9.91. The SMILES string of the molecule is O=C1NC(=O)C(=Cc2ccnc(NC3CCC(NCc4cccnc4-c4ccco4)CC3)n2)S1. The number of nitrogens with zero attached hydrogens (tertiary/aromatic N) is 3. The van der Waals surface area contributed by atoms with E-state index < -0.39 is 5.91 Å². The molecule has 4 heterocycles. The van der Waals surface area contributed by atoms with Crippen LogP contribution in [0.3, 0.4) is 0 Å². The molecule has 2 aliphatic rings. The minimum atomic E-state index is -0.392. The monoisotopic (exact) mass is 476 g/mol. The Kier molecular flexibility index (Phi) is 6.68. The first-order valence-corrected chi connectivity index (χ1v) is 12.0. The molecule has 0 unspecified atom stereocenters. The van der Waals surface area contributed by atoms with Crippen molar-refractivity contribution in [3.63, 3.8) is 0 Å². The third-order valence-corrected chi connectivity index (χ3v) is 6.70. The summed E-state index contributed by atoms with van der Waals surface area (Å²) in [5, 5.41) is 8.96. The Morgan fingerprint density at radius 2 is 1.91 bits per heavy atom. The summed E-state index contributed by atoms with van der Waals surface area (Å²) in [5.74, 6) is 0.914. The van der Waals surface area contributed by atoms with Gasteiger partial charge in [-0.05, 0) is 73.4 Å². The van der Waals surface area contributed by atoms with Crippen LogP contribution in [0.25, 0.3) is 17.5 Å². The molecule has 5 rings (SSSR count). The van der Waals surface area contributed by atoms with Gasteiger partial charge in [-0.3, -0.25) is 19.9 Å². The first-order chi connectivity index (χ1) is 16.6. The number of thioether (sulfide) groups is 1. The zero-order valence-electron chi connectivity index (χ0n) is 18.4. The lowest BCUT2D eigenvalue weighted by Gasteiger charge is -2.30. The van der Waals surface area contributed by atoms with Crippen LogP contribution < -0.4 is 16.0 Å². The van der Waals surface area contributed by atoms with Gasteiger partial charge in [0, 0.05) is 31.0 Å². The van der Waals surface area contributed by atoms with Crippen LogP contribution in [-0.4, -0.2) is 38.2 Å². The van der Waals surface area contributed by atoms with E-state index in [1.807, 2.05) is 18.2 Å². The van der Waals surface area contributed by atoms with Crippen molar-refractivity contribution >= 4 is 34.9 Å². The van der Waals surface area contributed by atoms with Gasteiger partial charge in [0.25, 0.3) is 11.1 Å². The lowest BCUT2D eigenvalue weighted by Crippen LogP contribution is -2.37. The van der Waals surface area contributed by atoms with Crippen molar-refractivity contribution in [2.75, 3.05) is 5.32 Å². The number of imide groups is 1. The van der Waals surface area contributed by atoms with E-state index in [-0.39, 0.29) is 11.3 Å². The Morgan fingerprint density at radius 1 is 1.06 bits per heavy atom. The van der Waals surface area contributed by atoms with Crippen molar-refractivity contribution in [2.45, 2.75) is 44.3 Å². The van der Waals surface area contributed by atoms with Crippen molar-refractivity contribution < 1.29 is 14.0 Å². The van der Waals surface area contributed by atoms with E-state index in [4.69, 9.17) is 4.42 Å². The van der Waals surface area contributed by atoms with Crippen LogP contribution >= 0.6 is 11.8 Å². The van der Waals surface area contributed by atoms with E-state index in [2.05, 4.69) is 37.0 Å². The summed E-state index contributed by atoms with van der Waals surface area (Å²) >= 11 is 0.878. The first kappa shape index (κ1) is 22.3. The molecule has 34 heavy (non-hydrogen) atoms. The molecule has 1 aliphatic heterocycles. The van der Waals surface area contributed by atoms with Crippen LogP contribution in [-0.2, 0) is 11.3 Å². The second-order valence-electron chi connectivity index (χ2n) is 8.22. The van der Waals surface area contributed by atoms with Gasteiger partial charge < -0.3 is 15.1 Å². The van der Waals surface area contributed by atoms with Gasteiger partial charge in [-0.2, -0.15) is 0 Å². The second kappa shape index (κ2) is 10.2. The number of hydrogen-bond donors (Lipinski definition) is 3. The molecule has 0 spiro atoms. The van der Waals surface area contributed by atoms with Crippen molar-refractivity contribution in [3.05, 3.63) is 65.2 Å². The van der Waals surface area contributed by atoms with Gasteiger partial charge in [-0.25, -0.2) is 9.97 Å². The fraction of sp³-hybridized carbons (Fsp3) is 0.292. The van der Waals surface area contributed by atoms with Gasteiger partial charge in [-0.1, -0.05) is 6.07 Å². The van der Waals surface area contributed by atoms with Crippen LogP contribution in [0.5, 0.6) is 0 Å². The molecule has 0 atom stereocenters. The first-order valence-electron chi connectivity index (χ1n) is 11.2. The Labute approximate surface area is 200 Å². The molecule has 1 saturated heterocycles. The topological polar surface area (TPSA) is 122 Å². The fourth-order valence-electron chi connectivity index (χ4n) is 4.17. The third-order valence-electron chi connectivity index (χ3n) is 5.89. The number of rotatable bonds is 7. The Hall–Kier alpha value is -3.50. The standard InChI is InChI=1S/C24H24N6O3S/c31-22-20(34-24(32)30-22)13-18-9-11-26-23(29-18)28-17-7-5-16(6-8-17)27-14-15-3-1-10-25-21(15)19-4-2-12-33-19/h1-4,9-13,16-17,27H,5-8,14H2,(H,26,28,29)(H,30,31,32). The minimum Gasteiger partial charge on any atom is -0.463 e. The number of amides is 2. The fourth-order valence-corrected chi connectivity index (χ4v) is 4.84. The number of carbonyl (C=O) groups is 2. The average Bonchev–Trinajstić information content (AvgIpc) is 3.49. The predicted octanol–water partition coefficient (Wildman–Crippen LogP) is 3.97. The van der Waals surface area contributed by atoms with Gasteiger partial charge in [-0.15, -0.1) is 0 Å². The van der Waals surface area contributed by atoms with E-state index in [0.717, 1.165) is 61.0 Å². The molecule has 3 N–H and O–H groups in total. The molecule has 9 nitrogen and oxygen atoms in total. The maximum Gasteiger partial charge on any atom is 0.290 e. The van der Waals surface area contributed by atoms with Gasteiger partial charge in [0.05, 0.1) is 16.9 Å². The molecule has 0 bridgehead atoms. The van der Waals surface area contributed by atoms with Crippen LogP contribution in [0.4, 0.5) is 10.7 Å². The molecule has 174 valence electrons. The summed E-state index contributed by atoms with van der Waals surface area (Å²) in [7, 11) is 0. The maximum absolute atomic E-state index is 11.7. The summed E-state index contributed by atoms with van der Waals surface area (Å²) in [4.78, 5) is 36.7. The highest BCUT2D eigenvalue weighted by molar-refractivity contribution is 8.18. The number of pyridine rings is 1. The molecule has 1 saturated carbocycles. The highest BCUT2D eigenvalue weighted by Gasteiger charge is 2.25. The van der Waals surface area contributed by atoms with E-state index in [1.165, 1.54) is 0 Å². The normalized spacial score (nSPS) is 21.6. The van der Waals surface area contributed by atoms with Crippen molar-refractivity contribution in [2.24, 2.45) is 0 Å². The minimum absolute atomic E-state index is 0.281. The highest BCUT2D eigenvalue weighted by Crippen LogP contribution is 2.26. The molecule has 0 aromatic carbocycles. The molecule has 3 aromatic heterocycles. The Morgan fingerprint density at radius 3 is 2.68 bits per heavy atom. The van der Waals surface area contributed by atoms with Gasteiger partial charge >= 0.3 is 0 Å². The molecule has 0 radical (unpaired) electrons. The van der Waals surface area contributed by atoms with Crippen LogP contribution in [0.2, 0.25) is 0 Å². The predicted molar refractivity (Wildman–Crippen MR) is 130 cm³/mol. The quantitative estimate of drug-likeness (QED) is 0.435. The second-order valence-corrected chi connectivity index (χ2v) is 9.23. The average molecular weight is 477 g/mol. The number of hydrogen-bond acceptors (Lipinski definition) is 9. The Bertz CT molecular complexity index is 1200. The smallest absolute Gasteiger partial charge is 0.290 e. The zero-order valence-corrected chi connectivity index (χ0v) is 19.2. The van der Waals surface area contributed by atoms with Crippen molar-refractivity contribution in [3.8, 4) is 11.5 Å². The van der Waals surface area contributed by atoms with E-state index in [9.17, 15) is 9.59 Å². The van der Waals surface area contributed by atoms with E-state index in [0.29, 0.717) is 22.6 Å². The maximum atomic E-state index is 11.7. The molecule has 2 fully saturated rings. The number of anilines is 1. The summed E-state index contributed by atoms with van der Waals surface area (Å²) in [5.41, 5.74) is 2.58. The summed E-state index contributed by atoms with van der Waals surface area (Å²) < 4.78 is 5.53. The van der Waals surface area contributed by atoms with Crippen LogP contribution in [0.1, 0.15) is 36.9 Å². The molecular weight excluding hydrogens is 452 g/mol. The number of nitrogens with one attached hydrogen (secondary N) is 3.